The third-order valence-electron chi connectivity index (χ3n) is 13.2. The fraction of sp³-hybridized carbons (Fsp3) is 0.238. The number of imidazole rings is 1. The normalized spacial score (nSPS) is 12.0. The van der Waals surface area contributed by atoms with Gasteiger partial charge in [-0.2, -0.15) is 0 Å². The molecule has 0 fully saturated rings. The van der Waals surface area contributed by atoms with Gasteiger partial charge in [0.1, 0.15) is 11.6 Å². The first-order valence-electron chi connectivity index (χ1n) is 23.9. The molecule has 0 aliphatic rings. The van der Waals surface area contributed by atoms with Crippen LogP contribution in [0.3, 0.4) is 0 Å². The number of phenols is 1. The molecule has 2 aromatic heterocycles. The first-order valence-corrected chi connectivity index (χ1v) is 23.9. The summed E-state index contributed by atoms with van der Waals surface area (Å²) >= 11 is 0. The van der Waals surface area contributed by atoms with E-state index in [0.29, 0.717) is 11.4 Å². The molecule has 0 amide bonds. The zero-order valence-electron chi connectivity index (χ0n) is 41.8. The minimum Gasteiger partial charge on any atom is -0.507 e. The number of hydrogen-bond donors (Lipinski definition) is 1. The van der Waals surface area contributed by atoms with Crippen LogP contribution in [-0.2, 0) is 43.7 Å². The van der Waals surface area contributed by atoms with Crippen molar-refractivity contribution in [3.05, 3.63) is 198 Å². The van der Waals surface area contributed by atoms with E-state index >= 15 is 0 Å². The zero-order chi connectivity index (χ0) is 48.1. The van der Waals surface area contributed by atoms with E-state index < -0.39 is 0 Å². The van der Waals surface area contributed by atoms with E-state index in [2.05, 4.69) is 225 Å². The van der Waals surface area contributed by atoms with Crippen molar-refractivity contribution in [3.63, 3.8) is 0 Å². The van der Waals surface area contributed by atoms with Crippen molar-refractivity contribution in [2.24, 2.45) is 0 Å². The zero-order valence-corrected chi connectivity index (χ0v) is 44.1. The fourth-order valence-corrected chi connectivity index (χ4v) is 9.08. The second-order valence-electron chi connectivity index (χ2n) is 21.3. The topological polar surface area (TPSA) is 54.2 Å². The maximum absolute atomic E-state index is 11.7. The Hall–Kier alpha value is -6.55. The molecule has 7 aromatic carbocycles. The van der Waals surface area contributed by atoms with Crippen molar-refractivity contribution >= 4 is 28.1 Å². The van der Waals surface area contributed by atoms with Crippen LogP contribution in [-0.4, -0.2) is 19.6 Å². The molecule has 0 aliphatic carbocycles. The molecule has 69 heavy (non-hydrogen) atoms. The average molecular weight is 1090 g/mol. The summed E-state index contributed by atoms with van der Waals surface area (Å²) in [5.41, 5.74) is 18.0. The van der Waals surface area contributed by atoms with Gasteiger partial charge in [-0.3, -0.25) is 9.55 Å². The minimum atomic E-state index is -0.211. The molecule has 2 heterocycles. The molecule has 0 spiro atoms. The molecule has 5 nitrogen and oxygen atoms in total. The number of anilines is 3. The summed E-state index contributed by atoms with van der Waals surface area (Å²) in [4.78, 5) is 13.0. The molecule has 0 saturated heterocycles. The van der Waals surface area contributed by atoms with Crippen LogP contribution in [0.2, 0.25) is 0 Å². The number of aromatic nitrogens is 3. The predicted octanol–water partition coefficient (Wildman–Crippen LogP) is 16.8. The quantitative estimate of drug-likeness (QED) is 0.146. The number of rotatable bonds is 9. The minimum absolute atomic E-state index is 0. The van der Waals surface area contributed by atoms with Gasteiger partial charge in [-0.1, -0.05) is 165 Å². The maximum atomic E-state index is 11.7. The summed E-state index contributed by atoms with van der Waals surface area (Å²) in [5, 5.41) is 11.7. The summed E-state index contributed by atoms with van der Waals surface area (Å²) < 4.78 is 2.27. The number of fused-ring (bicyclic) bond motifs is 1. The van der Waals surface area contributed by atoms with Gasteiger partial charge in [0.15, 0.2) is 0 Å². The first-order chi connectivity index (χ1) is 32.4. The molecule has 0 atom stereocenters. The molecule has 0 aliphatic heterocycles. The molecule has 1 N–H and O–H groups in total. The second-order valence-corrected chi connectivity index (χ2v) is 21.3. The maximum Gasteiger partial charge on any atom is 0.148 e. The number of para-hydroxylation sites is 3. The molecule has 9 rings (SSSR count). The van der Waals surface area contributed by atoms with Crippen molar-refractivity contribution in [2.45, 2.75) is 98.8 Å². The molecular formula is C63H63N4OPt-. The van der Waals surface area contributed by atoms with E-state index in [4.69, 9.17) is 9.97 Å². The van der Waals surface area contributed by atoms with Gasteiger partial charge in [0.2, 0.25) is 0 Å². The number of hydrogen-bond acceptors (Lipinski definition) is 4. The predicted molar refractivity (Wildman–Crippen MR) is 286 cm³/mol. The van der Waals surface area contributed by atoms with E-state index in [0.717, 1.165) is 73.7 Å². The number of benzene rings is 7. The van der Waals surface area contributed by atoms with Crippen molar-refractivity contribution in [1.82, 2.24) is 14.5 Å². The van der Waals surface area contributed by atoms with E-state index in [-0.39, 0.29) is 43.1 Å². The third-order valence-corrected chi connectivity index (χ3v) is 13.2. The van der Waals surface area contributed by atoms with E-state index in [9.17, 15) is 5.11 Å². The largest absolute Gasteiger partial charge is 0.507 e. The Morgan fingerprint density at radius 2 is 1.13 bits per heavy atom. The molecule has 352 valence electrons. The van der Waals surface area contributed by atoms with Crippen LogP contribution in [0.1, 0.15) is 97.1 Å². The first kappa shape index (κ1) is 48.9. The summed E-state index contributed by atoms with van der Waals surface area (Å²) in [6.45, 7) is 24.8. The second kappa shape index (κ2) is 19.1. The Bertz CT molecular complexity index is 3220. The fourth-order valence-electron chi connectivity index (χ4n) is 9.08. The van der Waals surface area contributed by atoms with Gasteiger partial charge in [0.05, 0.1) is 16.6 Å². The Labute approximate surface area is 424 Å². The van der Waals surface area contributed by atoms with E-state index in [1.165, 1.54) is 27.8 Å². The van der Waals surface area contributed by atoms with Crippen LogP contribution in [0.25, 0.3) is 61.6 Å². The Balaban J connectivity index is 0.00000642. The van der Waals surface area contributed by atoms with Gasteiger partial charge in [0.25, 0.3) is 0 Å². The summed E-state index contributed by atoms with van der Waals surface area (Å²) in [6.07, 6.45) is 2.89. The van der Waals surface area contributed by atoms with Crippen LogP contribution in [0, 0.1) is 13.0 Å². The molecule has 0 radical (unpaired) electrons. The Morgan fingerprint density at radius 3 is 1.72 bits per heavy atom. The average Bonchev–Trinajstić information content (AvgIpc) is 3.70. The standard InChI is InChI=1S/C63H63N4O.Pt/c1-12-42-31-43(28-27-41(42)2)44-29-30-64-56(35-44)46-32-45(33-47(34-46)61(3,4)5)55-39-53(66(50-21-15-13-16-22-50)51-23-17-14-18-24-51)40-57-59(55)65-60(54-25-19-20-26-58(54)68)67(57)52-37-48(62(6,7)8)36-49(38-52)63(9,10)11;/h13-31,33-40,68H,12H2,1-11H3;/q-1;. The smallest absolute Gasteiger partial charge is 0.148 e. The van der Waals surface area contributed by atoms with Crippen LogP contribution < -0.4 is 4.90 Å². The van der Waals surface area contributed by atoms with Gasteiger partial charge < -0.3 is 10.0 Å². The summed E-state index contributed by atoms with van der Waals surface area (Å²) in [7, 11) is 0. The van der Waals surface area contributed by atoms with Crippen LogP contribution in [0.4, 0.5) is 17.1 Å². The van der Waals surface area contributed by atoms with Crippen molar-refractivity contribution in [1.29, 1.82) is 0 Å². The molecule has 9 aromatic rings. The van der Waals surface area contributed by atoms with Gasteiger partial charge in [0, 0.05) is 55.7 Å². The molecule has 0 bridgehead atoms. The molecule has 0 unspecified atom stereocenters. The molecule has 0 saturated carbocycles. The van der Waals surface area contributed by atoms with Crippen molar-refractivity contribution in [3.8, 4) is 56.3 Å². The Morgan fingerprint density at radius 1 is 0.565 bits per heavy atom. The summed E-state index contributed by atoms with van der Waals surface area (Å²) in [6, 6.07) is 59.7. The number of pyridine rings is 1. The number of nitrogens with zero attached hydrogens (tertiary/aromatic N) is 4. The monoisotopic (exact) mass is 1090 g/mol. The van der Waals surface area contributed by atoms with Crippen LogP contribution in [0.5, 0.6) is 5.75 Å². The SMILES string of the molecule is CCc1cc(-c2ccnc(-c3[c-]c(-c4cc(N(c5ccccc5)c5ccccc5)cc5c4nc(-c4ccccc4O)n5-c4cc(C(C)(C)C)cc(C(C)(C)C)c4)cc(C(C)(C)C)c3)c2)ccc1C.[Pt]. The van der Waals surface area contributed by atoms with Gasteiger partial charge in [-0.15, -0.1) is 29.3 Å². The van der Waals surface area contributed by atoms with Crippen LogP contribution >= 0.6 is 0 Å². The van der Waals surface area contributed by atoms with E-state index in [1.54, 1.807) is 6.07 Å². The van der Waals surface area contributed by atoms with Crippen molar-refractivity contribution < 1.29 is 26.2 Å². The van der Waals surface area contributed by atoms with Crippen LogP contribution in [0.15, 0.2) is 164 Å². The Kier molecular flexibility index (Phi) is 13.5. The molecular weight excluding hydrogens is 1020 g/mol. The third kappa shape index (κ3) is 9.99. The van der Waals surface area contributed by atoms with E-state index in [1.807, 2.05) is 24.4 Å². The van der Waals surface area contributed by atoms with Crippen molar-refractivity contribution in [2.75, 3.05) is 4.90 Å². The van der Waals surface area contributed by atoms with Gasteiger partial charge >= 0.3 is 0 Å². The van der Waals surface area contributed by atoms with Gasteiger partial charge in [-0.05, 0) is 124 Å². The number of aromatic hydroxyl groups is 1. The number of aryl methyl sites for hydroxylation is 2. The number of phenolic OH excluding ortho intramolecular Hbond substituents is 1. The van der Waals surface area contributed by atoms with Gasteiger partial charge in [-0.25, -0.2) is 4.98 Å². The molecule has 6 heteroatoms. The summed E-state index contributed by atoms with van der Waals surface area (Å²) in [5.74, 6) is 0.817.